The van der Waals surface area contributed by atoms with Crippen LogP contribution >= 0.6 is 34.8 Å². The smallest absolute Gasteiger partial charge is 0.0467 e. The Kier molecular flexibility index (Phi) is 3.70. The van der Waals surface area contributed by atoms with Gasteiger partial charge in [0.15, 0.2) is 0 Å². The highest BCUT2D eigenvalue weighted by molar-refractivity contribution is 6.39. The number of rotatable bonds is 2. The molecule has 0 saturated heterocycles. The van der Waals surface area contributed by atoms with Crippen LogP contribution in [0.5, 0.6) is 0 Å². The molecule has 1 radical (unpaired) electrons. The molecule has 0 heterocycles. The molecule has 1 aromatic rings. The molecule has 0 aliphatic heterocycles. The summed E-state index contributed by atoms with van der Waals surface area (Å²) >= 11 is 17.6. The Bertz CT molecular complexity index is 258. The van der Waals surface area contributed by atoms with Crippen LogP contribution in [-0.4, -0.2) is 0 Å². The molecule has 0 aliphatic carbocycles. The minimum Gasteiger partial charge on any atom is -0.0842 e. The highest BCUT2D eigenvalue weighted by atomic mass is 35.5. The van der Waals surface area contributed by atoms with Gasteiger partial charge < -0.3 is 0 Å². The molecule has 0 bridgehead atoms. The summed E-state index contributed by atoms with van der Waals surface area (Å²) < 4.78 is 0. The van der Waals surface area contributed by atoms with Crippen LogP contribution in [0.15, 0.2) is 12.1 Å². The Morgan fingerprint density at radius 1 is 1.17 bits per heavy atom. The molecule has 0 spiro atoms. The van der Waals surface area contributed by atoms with E-state index < -0.39 is 0 Å². The summed E-state index contributed by atoms with van der Waals surface area (Å²) in [7, 11) is 0. The Morgan fingerprint density at radius 2 is 1.67 bits per heavy atom. The summed E-state index contributed by atoms with van der Waals surface area (Å²) in [6.07, 6.45) is 2.77. The maximum absolute atomic E-state index is 5.92. The number of hydrogen-bond donors (Lipinski definition) is 0. The lowest BCUT2D eigenvalue weighted by Gasteiger charge is -2.05. The first-order valence-electron chi connectivity index (χ1n) is 3.56. The zero-order chi connectivity index (χ0) is 9.14. The first kappa shape index (κ1) is 10.2. The average Bonchev–Trinajstić information content (AvgIpc) is 1.96. The van der Waals surface area contributed by atoms with E-state index in [-0.39, 0.29) is 0 Å². The van der Waals surface area contributed by atoms with Gasteiger partial charge in [0.1, 0.15) is 0 Å². The molecular weight excluding hydrogens is 214 g/mol. The van der Waals surface area contributed by atoms with Crippen LogP contribution in [-0.2, 0) is 6.42 Å². The monoisotopic (exact) mass is 221 g/mol. The van der Waals surface area contributed by atoms with Gasteiger partial charge in [-0.2, -0.15) is 0 Å². The predicted octanol–water partition coefficient (Wildman–Crippen LogP) is 4.41. The zero-order valence-electron chi connectivity index (χ0n) is 6.57. The second-order valence-corrected chi connectivity index (χ2v) is 3.71. The van der Waals surface area contributed by atoms with E-state index in [1.165, 1.54) is 0 Å². The van der Waals surface area contributed by atoms with Crippen molar-refractivity contribution in [3.05, 3.63) is 39.2 Å². The molecule has 1 aromatic carbocycles. The fourth-order valence-electron chi connectivity index (χ4n) is 0.971. The number of benzene rings is 1. The summed E-state index contributed by atoms with van der Waals surface area (Å²) in [6, 6.07) is 3.40. The fraction of sp³-hybridized carbons (Fsp3) is 0.222. The minimum absolute atomic E-state index is 0.574. The molecule has 1 rings (SSSR count). The first-order valence-corrected chi connectivity index (χ1v) is 4.69. The molecule has 0 amide bonds. The van der Waals surface area contributed by atoms with Gasteiger partial charge in [-0.1, -0.05) is 41.7 Å². The van der Waals surface area contributed by atoms with Gasteiger partial charge in [-0.25, -0.2) is 0 Å². The van der Waals surface area contributed by atoms with E-state index in [9.17, 15) is 0 Å². The molecular formula is C9H8Cl3. The molecule has 0 saturated carbocycles. The van der Waals surface area contributed by atoms with Gasteiger partial charge in [-0.15, -0.1) is 0 Å². The highest BCUT2D eigenvalue weighted by Crippen LogP contribution is 2.29. The van der Waals surface area contributed by atoms with Gasteiger partial charge in [-0.3, -0.25) is 0 Å². The van der Waals surface area contributed by atoms with E-state index in [2.05, 4.69) is 0 Å². The third-order valence-electron chi connectivity index (χ3n) is 1.51. The molecule has 12 heavy (non-hydrogen) atoms. The average molecular weight is 223 g/mol. The first-order chi connectivity index (χ1) is 5.65. The normalized spacial score (nSPS) is 10.3. The molecule has 0 nitrogen and oxygen atoms in total. The third-order valence-corrected chi connectivity index (χ3v) is 2.41. The lowest BCUT2D eigenvalue weighted by Crippen LogP contribution is -1.87. The topological polar surface area (TPSA) is 0 Å². The van der Waals surface area contributed by atoms with Crippen LogP contribution in [0.3, 0.4) is 0 Å². The molecule has 3 heteroatoms. The molecule has 0 unspecified atom stereocenters. The molecule has 0 atom stereocenters. The largest absolute Gasteiger partial charge is 0.0842 e. The van der Waals surface area contributed by atoms with E-state index >= 15 is 0 Å². The van der Waals surface area contributed by atoms with Crippen molar-refractivity contribution in [2.45, 2.75) is 13.3 Å². The third kappa shape index (κ3) is 2.29. The van der Waals surface area contributed by atoms with E-state index in [1.54, 1.807) is 12.1 Å². The van der Waals surface area contributed by atoms with Crippen LogP contribution < -0.4 is 0 Å². The van der Waals surface area contributed by atoms with Crippen LogP contribution in [0.2, 0.25) is 15.1 Å². The van der Waals surface area contributed by atoms with Gasteiger partial charge in [-0.05, 0) is 30.5 Å². The van der Waals surface area contributed by atoms with E-state index in [4.69, 9.17) is 34.8 Å². The van der Waals surface area contributed by atoms with Crippen LogP contribution in [0.25, 0.3) is 0 Å². The Labute approximate surface area is 87.4 Å². The quantitative estimate of drug-likeness (QED) is 0.695. The molecule has 0 fully saturated rings. The molecule has 65 valence electrons. The fourth-order valence-corrected chi connectivity index (χ4v) is 1.94. The van der Waals surface area contributed by atoms with Gasteiger partial charge in [0.05, 0.1) is 0 Å². The van der Waals surface area contributed by atoms with E-state index in [1.807, 2.05) is 13.3 Å². The Balaban J connectivity index is 3.10. The van der Waals surface area contributed by atoms with Crippen molar-refractivity contribution in [1.29, 1.82) is 0 Å². The standard InChI is InChI=1S/C9H8Cl3/c1-2-3-7-8(11)4-6(10)5-9(7)12/h2,4-5H,3H2,1H3. The number of halogens is 3. The van der Waals surface area contributed by atoms with Crippen molar-refractivity contribution in [3.8, 4) is 0 Å². The van der Waals surface area contributed by atoms with Gasteiger partial charge in [0, 0.05) is 15.1 Å². The Morgan fingerprint density at radius 3 is 2.08 bits per heavy atom. The van der Waals surface area contributed by atoms with Crippen molar-refractivity contribution in [2.24, 2.45) is 0 Å². The second kappa shape index (κ2) is 4.36. The van der Waals surface area contributed by atoms with Gasteiger partial charge in [0.25, 0.3) is 0 Å². The summed E-state index contributed by atoms with van der Waals surface area (Å²) in [5.41, 5.74) is 0.935. The molecule has 0 N–H and O–H groups in total. The second-order valence-electron chi connectivity index (χ2n) is 2.46. The van der Waals surface area contributed by atoms with Gasteiger partial charge in [0.2, 0.25) is 0 Å². The Hall–Kier alpha value is 0.0900. The predicted molar refractivity (Wildman–Crippen MR) is 55.2 cm³/mol. The highest BCUT2D eigenvalue weighted by Gasteiger charge is 2.05. The van der Waals surface area contributed by atoms with Crippen LogP contribution in [0.4, 0.5) is 0 Å². The van der Waals surface area contributed by atoms with E-state index in [0.29, 0.717) is 15.1 Å². The summed E-state index contributed by atoms with van der Waals surface area (Å²) in [5.74, 6) is 0. The zero-order valence-corrected chi connectivity index (χ0v) is 8.84. The van der Waals surface area contributed by atoms with Crippen molar-refractivity contribution in [1.82, 2.24) is 0 Å². The van der Waals surface area contributed by atoms with Gasteiger partial charge >= 0.3 is 0 Å². The van der Waals surface area contributed by atoms with Crippen molar-refractivity contribution >= 4 is 34.8 Å². The van der Waals surface area contributed by atoms with Crippen LogP contribution in [0.1, 0.15) is 12.5 Å². The number of hydrogen-bond acceptors (Lipinski definition) is 0. The summed E-state index contributed by atoms with van der Waals surface area (Å²) in [4.78, 5) is 0. The van der Waals surface area contributed by atoms with Crippen molar-refractivity contribution in [3.63, 3.8) is 0 Å². The maximum Gasteiger partial charge on any atom is 0.0467 e. The summed E-state index contributed by atoms with van der Waals surface area (Å²) in [5, 5.41) is 1.83. The molecule has 0 aliphatic rings. The summed E-state index contributed by atoms with van der Waals surface area (Å²) in [6.45, 7) is 1.96. The van der Waals surface area contributed by atoms with Crippen molar-refractivity contribution < 1.29 is 0 Å². The van der Waals surface area contributed by atoms with Crippen molar-refractivity contribution in [2.75, 3.05) is 0 Å². The SMILES string of the molecule is C[CH]Cc1c(Cl)cc(Cl)cc1Cl. The minimum atomic E-state index is 0.574. The maximum atomic E-state index is 5.92. The lowest BCUT2D eigenvalue weighted by molar-refractivity contribution is 1.14. The molecule has 0 aromatic heterocycles. The van der Waals surface area contributed by atoms with E-state index in [0.717, 1.165) is 12.0 Å². The lowest BCUT2D eigenvalue weighted by atomic mass is 10.1. The van der Waals surface area contributed by atoms with Crippen LogP contribution in [0, 0.1) is 6.42 Å².